The molecule has 13 heavy (non-hydrogen) atoms. The normalized spacial score (nSPS) is 13.6. The number of rotatable bonds is 4. The van der Waals surface area contributed by atoms with Gasteiger partial charge in [-0.1, -0.05) is 0 Å². The molecule has 0 aliphatic carbocycles. The van der Waals surface area contributed by atoms with Crippen LogP contribution in [0.1, 0.15) is 5.82 Å². The molecule has 1 unspecified atom stereocenters. The minimum Gasteiger partial charge on any atom is -0.338 e. The van der Waals surface area contributed by atoms with Gasteiger partial charge in [0.1, 0.15) is 5.82 Å². The van der Waals surface area contributed by atoms with E-state index in [9.17, 15) is 0 Å². The van der Waals surface area contributed by atoms with Gasteiger partial charge in [0, 0.05) is 38.4 Å². The Balaban J connectivity index is 2.45. The molecule has 2 N–H and O–H groups in total. The van der Waals surface area contributed by atoms with Crippen LogP contribution in [0.4, 0.5) is 0 Å². The van der Waals surface area contributed by atoms with Gasteiger partial charge in [0.2, 0.25) is 0 Å². The third-order valence-electron chi connectivity index (χ3n) is 1.97. The second-order valence-corrected chi connectivity index (χ2v) is 3.68. The van der Waals surface area contributed by atoms with Crippen molar-refractivity contribution in [3.63, 3.8) is 0 Å². The van der Waals surface area contributed by atoms with E-state index in [0.29, 0.717) is 0 Å². The smallest absolute Gasteiger partial charge is 0.109 e. The summed E-state index contributed by atoms with van der Waals surface area (Å²) < 4.78 is 2.01. The number of aryl methyl sites for hydroxylation is 1. The summed E-state index contributed by atoms with van der Waals surface area (Å²) in [5.74, 6) is 1.05. The second kappa shape index (κ2) is 4.39. The lowest BCUT2D eigenvalue weighted by atomic mass is 10.2. The molecule has 0 saturated carbocycles. The van der Waals surface area contributed by atoms with Crippen molar-refractivity contribution in [1.29, 1.82) is 0 Å². The number of nitrogens with two attached hydrogens (primary N) is 1. The first-order valence-electron chi connectivity index (χ1n) is 4.46. The minimum atomic E-state index is 0.163. The van der Waals surface area contributed by atoms with Crippen LogP contribution < -0.4 is 5.73 Å². The SMILES string of the molecule is CN(C)CC(N)Cc1nccn1C. The van der Waals surface area contributed by atoms with Crippen molar-refractivity contribution in [2.24, 2.45) is 12.8 Å². The van der Waals surface area contributed by atoms with Crippen molar-refractivity contribution in [2.75, 3.05) is 20.6 Å². The largest absolute Gasteiger partial charge is 0.338 e. The predicted molar refractivity (Wildman–Crippen MR) is 53.4 cm³/mol. The van der Waals surface area contributed by atoms with E-state index in [1.165, 1.54) is 0 Å². The van der Waals surface area contributed by atoms with Crippen LogP contribution in [0.2, 0.25) is 0 Å². The summed E-state index contributed by atoms with van der Waals surface area (Å²) in [6.07, 6.45) is 4.58. The van der Waals surface area contributed by atoms with Crippen LogP contribution >= 0.6 is 0 Å². The van der Waals surface area contributed by atoms with Crippen molar-refractivity contribution in [1.82, 2.24) is 14.5 Å². The van der Waals surface area contributed by atoms with Crippen LogP contribution in [-0.4, -0.2) is 41.1 Å². The lowest BCUT2D eigenvalue weighted by Crippen LogP contribution is -2.35. The Morgan fingerprint density at radius 1 is 1.62 bits per heavy atom. The van der Waals surface area contributed by atoms with Gasteiger partial charge in [-0.15, -0.1) is 0 Å². The van der Waals surface area contributed by atoms with Gasteiger partial charge in [-0.3, -0.25) is 0 Å². The van der Waals surface area contributed by atoms with Gasteiger partial charge in [0.25, 0.3) is 0 Å². The minimum absolute atomic E-state index is 0.163. The Kier molecular flexibility index (Phi) is 3.45. The summed E-state index contributed by atoms with van der Waals surface area (Å²) in [4.78, 5) is 6.32. The molecule has 0 amide bonds. The zero-order chi connectivity index (χ0) is 9.84. The zero-order valence-electron chi connectivity index (χ0n) is 8.57. The van der Waals surface area contributed by atoms with Crippen molar-refractivity contribution >= 4 is 0 Å². The number of likely N-dealkylation sites (N-methyl/N-ethyl adjacent to an activating group) is 1. The van der Waals surface area contributed by atoms with Crippen LogP contribution in [0, 0.1) is 0 Å². The third kappa shape index (κ3) is 3.16. The van der Waals surface area contributed by atoms with Crippen LogP contribution in [0.15, 0.2) is 12.4 Å². The second-order valence-electron chi connectivity index (χ2n) is 3.68. The van der Waals surface area contributed by atoms with E-state index >= 15 is 0 Å². The Morgan fingerprint density at radius 2 is 2.31 bits per heavy atom. The van der Waals surface area contributed by atoms with Gasteiger partial charge < -0.3 is 15.2 Å². The highest BCUT2D eigenvalue weighted by Gasteiger charge is 2.07. The van der Waals surface area contributed by atoms with Crippen LogP contribution in [0.3, 0.4) is 0 Å². The van der Waals surface area contributed by atoms with E-state index in [1.54, 1.807) is 6.20 Å². The van der Waals surface area contributed by atoms with Crippen LogP contribution in [0.25, 0.3) is 0 Å². The molecule has 1 heterocycles. The first kappa shape index (κ1) is 10.2. The van der Waals surface area contributed by atoms with Crippen molar-refractivity contribution in [3.8, 4) is 0 Å². The van der Waals surface area contributed by atoms with Gasteiger partial charge in [-0.25, -0.2) is 4.98 Å². The highest BCUT2D eigenvalue weighted by atomic mass is 15.1. The van der Waals surface area contributed by atoms with Crippen molar-refractivity contribution in [3.05, 3.63) is 18.2 Å². The average Bonchev–Trinajstić information content (AvgIpc) is 2.34. The maximum absolute atomic E-state index is 5.94. The summed E-state index contributed by atoms with van der Waals surface area (Å²) in [6, 6.07) is 0.163. The monoisotopic (exact) mass is 182 g/mol. The van der Waals surface area contributed by atoms with E-state index in [-0.39, 0.29) is 6.04 Å². The molecule has 0 fully saturated rings. The van der Waals surface area contributed by atoms with E-state index in [4.69, 9.17) is 5.73 Å². The van der Waals surface area contributed by atoms with Gasteiger partial charge in [0.05, 0.1) is 0 Å². The molecule has 1 atom stereocenters. The molecule has 1 rings (SSSR count). The number of nitrogens with zero attached hydrogens (tertiary/aromatic N) is 3. The highest BCUT2D eigenvalue weighted by molar-refractivity contribution is 4.94. The molecular formula is C9H18N4. The molecule has 0 aromatic carbocycles. The van der Waals surface area contributed by atoms with E-state index < -0.39 is 0 Å². The molecule has 0 aliphatic heterocycles. The Labute approximate surface area is 79.4 Å². The third-order valence-corrected chi connectivity index (χ3v) is 1.97. The van der Waals surface area contributed by atoms with Gasteiger partial charge in [-0.05, 0) is 14.1 Å². The lowest BCUT2D eigenvalue weighted by molar-refractivity contribution is 0.368. The van der Waals surface area contributed by atoms with E-state index in [0.717, 1.165) is 18.8 Å². The van der Waals surface area contributed by atoms with Gasteiger partial charge in [-0.2, -0.15) is 0 Å². The number of hydrogen-bond acceptors (Lipinski definition) is 3. The maximum Gasteiger partial charge on any atom is 0.109 e. The number of aromatic nitrogens is 2. The van der Waals surface area contributed by atoms with Gasteiger partial charge >= 0.3 is 0 Å². The van der Waals surface area contributed by atoms with Crippen molar-refractivity contribution in [2.45, 2.75) is 12.5 Å². The summed E-state index contributed by atoms with van der Waals surface area (Å²) in [7, 11) is 6.04. The summed E-state index contributed by atoms with van der Waals surface area (Å²) in [5, 5.41) is 0. The fourth-order valence-electron chi connectivity index (χ4n) is 1.36. The molecule has 0 spiro atoms. The molecule has 1 aromatic rings. The molecular weight excluding hydrogens is 164 g/mol. The zero-order valence-corrected chi connectivity index (χ0v) is 8.57. The molecule has 0 bridgehead atoms. The van der Waals surface area contributed by atoms with Crippen LogP contribution in [0.5, 0.6) is 0 Å². The predicted octanol–water partition coefficient (Wildman–Crippen LogP) is -0.148. The average molecular weight is 182 g/mol. The first-order chi connectivity index (χ1) is 6.09. The fraction of sp³-hybridized carbons (Fsp3) is 0.667. The Hall–Kier alpha value is -0.870. The van der Waals surface area contributed by atoms with Gasteiger partial charge in [0.15, 0.2) is 0 Å². The molecule has 0 radical (unpaired) electrons. The molecule has 0 saturated heterocycles. The molecule has 74 valence electrons. The standard InChI is InChI=1S/C9H18N4/c1-12(2)7-8(10)6-9-11-4-5-13(9)3/h4-5,8H,6-7,10H2,1-3H3. The lowest BCUT2D eigenvalue weighted by Gasteiger charge is -2.16. The Bertz CT molecular complexity index is 254. The molecule has 4 heteroatoms. The molecule has 4 nitrogen and oxygen atoms in total. The molecule has 1 aromatic heterocycles. The fourth-order valence-corrected chi connectivity index (χ4v) is 1.36. The van der Waals surface area contributed by atoms with E-state index in [2.05, 4.69) is 9.88 Å². The van der Waals surface area contributed by atoms with Crippen LogP contribution in [-0.2, 0) is 13.5 Å². The summed E-state index contributed by atoms with van der Waals surface area (Å²) >= 11 is 0. The summed E-state index contributed by atoms with van der Waals surface area (Å²) in [5.41, 5.74) is 5.94. The first-order valence-corrected chi connectivity index (χ1v) is 4.46. The highest BCUT2D eigenvalue weighted by Crippen LogP contribution is 1.98. The maximum atomic E-state index is 5.94. The quantitative estimate of drug-likeness (QED) is 0.704. The number of hydrogen-bond donors (Lipinski definition) is 1. The Morgan fingerprint density at radius 3 is 2.77 bits per heavy atom. The van der Waals surface area contributed by atoms with E-state index in [1.807, 2.05) is 31.9 Å². The van der Waals surface area contributed by atoms with Crippen molar-refractivity contribution < 1.29 is 0 Å². The number of imidazole rings is 1. The topological polar surface area (TPSA) is 47.1 Å². The molecule has 0 aliphatic rings. The summed E-state index contributed by atoms with van der Waals surface area (Å²) in [6.45, 7) is 0.896.